The SMILES string of the molecule is NNC(=O)/C(=C/c1ccccc1N)NC(=O)c1ccccc1Cl. The lowest BCUT2D eigenvalue weighted by molar-refractivity contribution is -0.117. The maximum atomic E-state index is 12.3. The van der Waals surface area contributed by atoms with Gasteiger partial charge in [0.25, 0.3) is 11.8 Å². The molecule has 0 fully saturated rings. The Balaban J connectivity index is 2.34. The van der Waals surface area contributed by atoms with Crippen molar-refractivity contribution in [3.63, 3.8) is 0 Å². The van der Waals surface area contributed by atoms with Crippen LogP contribution in [-0.2, 0) is 4.79 Å². The number of nitrogens with one attached hydrogen (secondary N) is 2. The number of hydrogen-bond donors (Lipinski definition) is 4. The molecule has 0 aliphatic carbocycles. The average molecular weight is 331 g/mol. The number of anilines is 1. The second-order valence-corrected chi connectivity index (χ2v) is 5.00. The third-order valence-corrected chi connectivity index (χ3v) is 3.37. The summed E-state index contributed by atoms with van der Waals surface area (Å²) in [4.78, 5) is 24.2. The molecular formula is C16H15ClN4O2. The van der Waals surface area contributed by atoms with Crippen LogP contribution in [0.4, 0.5) is 5.69 Å². The summed E-state index contributed by atoms with van der Waals surface area (Å²) in [6.45, 7) is 0. The van der Waals surface area contributed by atoms with Gasteiger partial charge in [0.05, 0.1) is 10.6 Å². The summed E-state index contributed by atoms with van der Waals surface area (Å²) < 4.78 is 0. The van der Waals surface area contributed by atoms with Gasteiger partial charge in [-0.3, -0.25) is 15.0 Å². The summed E-state index contributed by atoms with van der Waals surface area (Å²) >= 11 is 5.98. The number of para-hydroxylation sites is 1. The Morgan fingerprint density at radius 2 is 1.70 bits per heavy atom. The molecule has 23 heavy (non-hydrogen) atoms. The molecule has 0 saturated carbocycles. The largest absolute Gasteiger partial charge is 0.398 e. The number of hydrazine groups is 1. The van der Waals surface area contributed by atoms with Gasteiger partial charge in [0, 0.05) is 5.69 Å². The molecule has 118 valence electrons. The number of carbonyl (C=O) groups is 2. The lowest BCUT2D eigenvalue weighted by atomic mass is 10.1. The molecule has 0 aliphatic rings. The van der Waals surface area contributed by atoms with E-state index in [9.17, 15) is 9.59 Å². The van der Waals surface area contributed by atoms with E-state index in [1.165, 1.54) is 6.08 Å². The maximum Gasteiger partial charge on any atom is 0.281 e. The van der Waals surface area contributed by atoms with Crippen molar-refractivity contribution >= 4 is 35.2 Å². The van der Waals surface area contributed by atoms with Gasteiger partial charge >= 0.3 is 0 Å². The highest BCUT2D eigenvalue weighted by Crippen LogP contribution is 2.17. The third kappa shape index (κ3) is 4.09. The molecule has 2 aromatic rings. The molecule has 0 saturated heterocycles. The van der Waals surface area contributed by atoms with Gasteiger partial charge in [0.15, 0.2) is 0 Å². The van der Waals surface area contributed by atoms with Gasteiger partial charge in [0.1, 0.15) is 5.70 Å². The first kappa shape index (κ1) is 16.5. The van der Waals surface area contributed by atoms with Crippen LogP contribution in [0.2, 0.25) is 5.02 Å². The molecule has 0 heterocycles. The molecule has 0 radical (unpaired) electrons. The summed E-state index contributed by atoms with van der Waals surface area (Å²) in [6.07, 6.45) is 1.44. The molecular weight excluding hydrogens is 316 g/mol. The van der Waals surface area contributed by atoms with Crippen molar-refractivity contribution in [3.05, 3.63) is 70.4 Å². The zero-order chi connectivity index (χ0) is 16.8. The Morgan fingerprint density at radius 1 is 1.04 bits per heavy atom. The number of amides is 2. The van der Waals surface area contributed by atoms with Crippen molar-refractivity contribution in [2.24, 2.45) is 5.84 Å². The molecule has 0 aliphatic heterocycles. The molecule has 6 N–H and O–H groups in total. The van der Waals surface area contributed by atoms with E-state index >= 15 is 0 Å². The number of rotatable bonds is 4. The van der Waals surface area contributed by atoms with Crippen LogP contribution >= 0.6 is 11.6 Å². The first-order chi connectivity index (χ1) is 11.0. The number of halogens is 1. The minimum Gasteiger partial charge on any atom is -0.398 e. The maximum absolute atomic E-state index is 12.3. The summed E-state index contributed by atoms with van der Waals surface area (Å²) in [5.41, 5.74) is 9.05. The zero-order valence-electron chi connectivity index (χ0n) is 12.0. The fraction of sp³-hybridized carbons (Fsp3) is 0. The van der Waals surface area contributed by atoms with Gasteiger partial charge in [-0.15, -0.1) is 0 Å². The minimum absolute atomic E-state index is 0.0460. The van der Waals surface area contributed by atoms with Gasteiger partial charge in [-0.05, 0) is 29.8 Å². The standard InChI is InChI=1S/C16H15ClN4O2/c17-12-7-3-2-6-11(12)15(22)20-14(16(23)21-19)9-10-5-1-4-8-13(10)18/h1-9H,18-19H2,(H,20,22)(H,21,23)/b14-9-. The number of nitrogens with two attached hydrogens (primary N) is 2. The molecule has 2 rings (SSSR count). The highest BCUT2D eigenvalue weighted by atomic mass is 35.5. The predicted molar refractivity (Wildman–Crippen MR) is 90.1 cm³/mol. The van der Waals surface area contributed by atoms with Crippen molar-refractivity contribution in [2.75, 3.05) is 5.73 Å². The van der Waals surface area contributed by atoms with E-state index in [-0.39, 0.29) is 16.3 Å². The van der Waals surface area contributed by atoms with Crippen LogP contribution in [0.5, 0.6) is 0 Å². The van der Waals surface area contributed by atoms with Gasteiger partial charge < -0.3 is 11.1 Å². The molecule has 0 atom stereocenters. The second-order valence-electron chi connectivity index (χ2n) is 4.59. The summed E-state index contributed by atoms with van der Waals surface area (Å²) in [6, 6.07) is 13.4. The van der Waals surface area contributed by atoms with E-state index in [1.807, 2.05) is 5.43 Å². The van der Waals surface area contributed by atoms with Gasteiger partial charge in [-0.1, -0.05) is 41.9 Å². The van der Waals surface area contributed by atoms with Crippen LogP contribution in [0, 0.1) is 0 Å². The second kappa shape index (κ2) is 7.44. The Morgan fingerprint density at radius 3 is 2.35 bits per heavy atom. The predicted octanol–water partition coefficient (Wildman–Crippen LogP) is 1.68. The number of nitrogen functional groups attached to an aromatic ring is 1. The van der Waals surface area contributed by atoms with Crippen LogP contribution in [0.3, 0.4) is 0 Å². The fourth-order valence-electron chi connectivity index (χ4n) is 1.87. The van der Waals surface area contributed by atoms with E-state index in [1.54, 1.807) is 48.5 Å². The van der Waals surface area contributed by atoms with Crippen LogP contribution < -0.4 is 22.3 Å². The topological polar surface area (TPSA) is 110 Å². The quantitative estimate of drug-likeness (QED) is 0.225. The van der Waals surface area contributed by atoms with E-state index in [0.717, 1.165) is 0 Å². The Bertz CT molecular complexity index is 774. The summed E-state index contributed by atoms with van der Waals surface area (Å²) in [7, 11) is 0. The van der Waals surface area contributed by atoms with Crippen LogP contribution in [0.25, 0.3) is 6.08 Å². The Hall–Kier alpha value is -2.83. The molecule has 0 unspecified atom stereocenters. The smallest absolute Gasteiger partial charge is 0.281 e. The van der Waals surface area contributed by atoms with Crippen molar-refractivity contribution in [1.29, 1.82) is 0 Å². The van der Waals surface area contributed by atoms with Crippen LogP contribution in [-0.4, -0.2) is 11.8 Å². The summed E-state index contributed by atoms with van der Waals surface area (Å²) in [5.74, 6) is 3.97. The molecule has 7 heteroatoms. The molecule has 0 bridgehead atoms. The van der Waals surface area contributed by atoms with Crippen molar-refractivity contribution in [2.45, 2.75) is 0 Å². The third-order valence-electron chi connectivity index (χ3n) is 3.04. The van der Waals surface area contributed by atoms with E-state index < -0.39 is 11.8 Å². The van der Waals surface area contributed by atoms with E-state index in [2.05, 4.69) is 5.32 Å². The highest BCUT2D eigenvalue weighted by Gasteiger charge is 2.16. The number of hydrogen-bond acceptors (Lipinski definition) is 4. The van der Waals surface area contributed by atoms with Gasteiger partial charge in [-0.25, -0.2) is 5.84 Å². The van der Waals surface area contributed by atoms with E-state index in [4.69, 9.17) is 23.2 Å². The van der Waals surface area contributed by atoms with E-state index in [0.29, 0.717) is 11.3 Å². The van der Waals surface area contributed by atoms with Gasteiger partial charge in [-0.2, -0.15) is 0 Å². The first-order valence-electron chi connectivity index (χ1n) is 6.66. The van der Waals surface area contributed by atoms with Crippen molar-refractivity contribution in [1.82, 2.24) is 10.7 Å². The lowest BCUT2D eigenvalue weighted by Gasteiger charge is -2.10. The highest BCUT2D eigenvalue weighted by molar-refractivity contribution is 6.34. The number of carbonyl (C=O) groups excluding carboxylic acids is 2. The monoisotopic (exact) mass is 330 g/mol. The normalized spacial score (nSPS) is 11.0. The average Bonchev–Trinajstić information content (AvgIpc) is 2.55. The molecule has 2 amide bonds. The Labute approximate surface area is 138 Å². The van der Waals surface area contributed by atoms with Crippen LogP contribution in [0.1, 0.15) is 15.9 Å². The van der Waals surface area contributed by atoms with Crippen LogP contribution in [0.15, 0.2) is 54.2 Å². The molecule has 6 nitrogen and oxygen atoms in total. The molecule has 2 aromatic carbocycles. The Kier molecular flexibility index (Phi) is 5.35. The minimum atomic E-state index is -0.659. The first-order valence-corrected chi connectivity index (χ1v) is 7.03. The number of benzene rings is 2. The van der Waals surface area contributed by atoms with Crippen molar-refractivity contribution < 1.29 is 9.59 Å². The zero-order valence-corrected chi connectivity index (χ0v) is 12.8. The van der Waals surface area contributed by atoms with Crippen molar-refractivity contribution in [3.8, 4) is 0 Å². The molecule has 0 spiro atoms. The summed E-state index contributed by atoms with van der Waals surface area (Å²) in [5, 5.41) is 2.77. The lowest BCUT2D eigenvalue weighted by Crippen LogP contribution is -2.38. The molecule has 0 aromatic heterocycles. The van der Waals surface area contributed by atoms with Gasteiger partial charge in [0.2, 0.25) is 0 Å². The fourth-order valence-corrected chi connectivity index (χ4v) is 2.09.